The molecule has 0 aliphatic heterocycles. The van der Waals surface area contributed by atoms with Crippen molar-refractivity contribution in [3.05, 3.63) is 44.7 Å². The SMILES string of the molecule is CCCn1c(=O)c(C(=O)NCCCOC)nn(-c2ccc(OC)c(OC)c2)c1=O. The van der Waals surface area contributed by atoms with E-state index in [0.29, 0.717) is 43.2 Å². The van der Waals surface area contributed by atoms with E-state index in [-0.39, 0.29) is 12.2 Å². The summed E-state index contributed by atoms with van der Waals surface area (Å²) in [7, 11) is 4.52. The fourth-order valence-corrected chi connectivity index (χ4v) is 2.70. The molecule has 0 saturated carbocycles. The van der Waals surface area contributed by atoms with Gasteiger partial charge in [0.2, 0.25) is 5.69 Å². The second-order valence-electron chi connectivity index (χ2n) is 6.14. The molecule has 1 aromatic carbocycles. The Bertz CT molecular complexity index is 966. The highest BCUT2D eigenvalue weighted by molar-refractivity contribution is 5.91. The van der Waals surface area contributed by atoms with Crippen molar-refractivity contribution in [2.24, 2.45) is 0 Å². The first-order valence-electron chi connectivity index (χ1n) is 9.22. The van der Waals surface area contributed by atoms with Crippen molar-refractivity contribution in [3.8, 4) is 17.2 Å². The largest absolute Gasteiger partial charge is 0.493 e. The Morgan fingerprint density at radius 3 is 2.48 bits per heavy atom. The summed E-state index contributed by atoms with van der Waals surface area (Å²) >= 11 is 0. The molecule has 2 rings (SSSR count). The second kappa shape index (κ2) is 10.4. The van der Waals surface area contributed by atoms with E-state index in [2.05, 4.69) is 10.4 Å². The van der Waals surface area contributed by atoms with Crippen LogP contribution >= 0.6 is 0 Å². The lowest BCUT2D eigenvalue weighted by atomic mass is 10.2. The summed E-state index contributed by atoms with van der Waals surface area (Å²) in [5.41, 5.74) is -1.38. The molecule has 10 heteroatoms. The second-order valence-corrected chi connectivity index (χ2v) is 6.14. The van der Waals surface area contributed by atoms with Crippen LogP contribution in [0.2, 0.25) is 0 Å². The first-order chi connectivity index (χ1) is 14.0. The molecule has 1 N–H and O–H groups in total. The zero-order chi connectivity index (χ0) is 21.4. The van der Waals surface area contributed by atoms with Crippen LogP contribution in [-0.4, -0.2) is 54.7 Å². The van der Waals surface area contributed by atoms with Gasteiger partial charge in [-0.15, -0.1) is 0 Å². The van der Waals surface area contributed by atoms with Crippen LogP contribution in [0, 0.1) is 0 Å². The number of aromatic nitrogens is 3. The molecule has 1 aromatic heterocycles. The first-order valence-corrected chi connectivity index (χ1v) is 9.22. The van der Waals surface area contributed by atoms with Crippen molar-refractivity contribution < 1.29 is 19.0 Å². The zero-order valence-corrected chi connectivity index (χ0v) is 17.1. The first kappa shape index (κ1) is 22.2. The van der Waals surface area contributed by atoms with Gasteiger partial charge in [0.15, 0.2) is 11.5 Å². The van der Waals surface area contributed by atoms with Gasteiger partial charge in [-0.2, -0.15) is 9.78 Å². The van der Waals surface area contributed by atoms with Gasteiger partial charge in [0.05, 0.1) is 19.9 Å². The summed E-state index contributed by atoms with van der Waals surface area (Å²) in [6, 6.07) is 4.76. The van der Waals surface area contributed by atoms with E-state index < -0.39 is 17.2 Å². The number of amides is 1. The van der Waals surface area contributed by atoms with Gasteiger partial charge in [0.25, 0.3) is 11.5 Å². The average molecular weight is 406 g/mol. The molecule has 2 aromatic rings. The van der Waals surface area contributed by atoms with Crippen LogP contribution in [-0.2, 0) is 11.3 Å². The number of benzene rings is 1. The molecule has 29 heavy (non-hydrogen) atoms. The minimum atomic E-state index is -0.724. The molecule has 0 spiro atoms. The third-order valence-electron chi connectivity index (χ3n) is 4.14. The Morgan fingerprint density at radius 2 is 1.86 bits per heavy atom. The van der Waals surface area contributed by atoms with E-state index in [1.807, 2.05) is 6.92 Å². The Labute approximate surface area is 168 Å². The lowest BCUT2D eigenvalue weighted by Crippen LogP contribution is -2.46. The monoisotopic (exact) mass is 406 g/mol. The number of methoxy groups -OCH3 is 3. The van der Waals surface area contributed by atoms with Gasteiger partial charge in [-0.1, -0.05) is 6.92 Å². The smallest absolute Gasteiger partial charge is 0.352 e. The van der Waals surface area contributed by atoms with Crippen molar-refractivity contribution in [2.45, 2.75) is 26.3 Å². The van der Waals surface area contributed by atoms with E-state index in [0.717, 1.165) is 9.25 Å². The Morgan fingerprint density at radius 1 is 1.14 bits per heavy atom. The molecule has 0 atom stereocenters. The van der Waals surface area contributed by atoms with E-state index in [1.165, 1.54) is 14.2 Å². The molecular weight excluding hydrogens is 380 g/mol. The maximum Gasteiger partial charge on any atom is 0.352 e. The number of nitrogens with zero attached hydrogens (tertiary/aromatic N) is 3. The molecule has 1 heterocycles. The average Bonchev–Trinajstić information content (AvgIpc) is 2.73. The highest BCUT2D eigenvalue weighted by Gasteiger charge is 2.20. The van der Waals surface area contributed by atoms with E-state index >= 15 is 0 Å². The predicted octanol–water partition coefficient (Wildman–Crippen LogP) is 0.588. The Balaban J connectivity index is 2.55. The van der Waals surface area contributed by atoms with Crippen molar-refractivity contribution >= 4 is 5.91 Å². The van der Waals surface area contributed by atoms with Gasteiger partial charge < -0.3 is 19.5 Å². The van der Waals surface area contributed by atoms with Crippen molar-refractivity contribution in [1.29, 1.82) is 0 Å². The van der Waals surface area contributed by atoms with Crippen LogP contribution in [0.3, 0.4) is 0 Å². The van der Waals surface area contributed by atoms with Gasteiger partial charge >= 0.3 is 5.69 Å². The number of hydrogen-bond donors (Lipinski definition) is 1. The highest BCUT2D eigenvalue weighted by atomic mass is 16.5. The van der Waals surface area contributed by atoms with Gasteiger partial charge in [0, 0.05) is 32.9 Å². The summed E-state index contributed by atoms with van der Waals surface area (Å²) in [6.07, 6.45) is 1.13. The molecule has 0 unspecified atom stereocenters. The van der Waals surface area contributed by atoms with Crippen molar-refractivity contribution in [2.75, 3.05) is 34.5 Å². The molecule has 0 aliphatic rings. The fourth-order valence-electron chi connectivity index (χ4n) is 2.70. The molecule has 0 saturated heterocycles. The third-order valence-corrected chi connectivity index (χ3v) is 4.14. The van der Waals surface area contributed by atoms with Crippen LogP contribution < -0.4 is 26.0 Å². The highest BCUT2D eigenvalue weighted by Crippen LogP contribution is 2.28. The number of rotatable bonds is 10. The molecule has 0 radical (unpaired) electrons. The quantitative estimate of drug-likeness (QED) is 0.574. The molecule has 0 bridgehead atoms. The van der Waals surface area contributed by atoms with Gasteiger partial charge in [-0.05, 0) is 25.0 Å². The summed E-state index contributed by atoms with van der Waals surface area (Å²) in [6.45, 7) is 2.78. The van der Waals surface area contributed by atoms with Crippen molar-refractivity contribution in [1.82, 2.24) is 19.7 Å². The summed E-state index contributed by atoms with van der Waals surface area (Å²) in [5.74, 6) is 0.213. The maximum atomic E-state index is 12.9. The van der Waals surface area contributed by atoms with Crippen LogP contribution in [0.25, 0.3) is 5.69 Å². The minimum absolute atomic E-state index is 0.164. The number of carbonyl (C=O) groups is 1. The van der Waals surface area contributed by atoms with Gasteiger partial charge in [0.1, 0.15) is 0 Å². The predicted molar refractivity (Wildman–Crippen MR) is 106 cm³/mol. The van der Waals surface area contributed by atoms with E-state index in [4.69, 9.17) is 14.2 Å². The third kappa shape index (κ3) is 5.02. The maximum absolute atomic E-state index is 12.9. The van der Waals surface area contributed by atoms with Crippen LogP contribution in [0.1, 0.15) is 30.3 Å². The molecule has 0 fully saturated rings. The fraction of sp³-hybridized carbons (Fsp3) is 0.474. The standard InChI is InChI=1S/C19H26N4O6/c1-5-10-22-18(25)16(17(24)20-9-6-11-27-2)21-23(19(22)26)13-7-8-14(28-3)15(12-13)29-4/h7-8,12H,5-6,9-11H2,1-4H3,(H,20,24). The molecule has 10 nitrogen and oxygen atoms in total. The zero-order valence-electron chi connectivity index (χ0n) is 17.1. The summed E-state index contributed by atoms with van der Waals surface area (Å²) in [4.78, 5) is 38.0. The van der Waals surface area contributed by atoms with Crippen LogP contribution in [0.15, 0.2) is 27.8 Å². The topological polar surface area (TPSA) is 114 Å². The Kier molecular flexibility index (Phi) is 7.96. The molecular formula is C19H26N4O6. The number of ether oxygens (including phenoxy) is 3. The normalized spacial score (nSPS) is 10.6. The van der Waals surface area contributed by atoms with Gasteiger partial charge in [-0.3, -0.25) is 14.2 Å². The molecule has 0 aliphatic carbocycles. The van der Waals surface area contributed by atoms with Crippen LogP contribution in [0.5, 0.6) is 11.5 Å². The van der Waals surface area contributed by atoms with Gasteiger partial charge in [-0.25, -0.2) is 4.79 Å². The Hall–Kier alpha value is -3.14. The number of nitrogens with one attached hydrogen (secondary N) is 1. The minimum Gasteiger partial charge on any atom is -0.493 e. The molecule has 1 amide bonds. The number of hydrogen-bond acceptors (Lipinski definition) is 7. The summed E-state index contributed by atoms with van der Waals surface area (Å²) < 4.78 is 17.4. The van der Waals surface area contributed by atoms with Crippen LogP contribution in [0.4, 0.5) is 0 Å². The lowest BCUT2D eigenvalue weighted by Gasteiger charge is -2.13. The van der Waals surface area contributed by atoms with E-state index in [1.54, 1.807) is 25.3 Å². The van der Waals surface area contributed by atoms with E-state index in [9.17, 15) is 14.4 Å². The van der Waals surface area contributed by atoms with Crippen molar-refractivity contribution in [3.63, 3.8) is 0 Å². The lowest BCUT2D eigenvalue weighted by molar-refractivity contribution is 0.0938. The number of carbonyl (C=O) groups excluding carboxylic acids is 1. The summed E-state index contributed by atoms with van der Waals surface area (Å²) in [5, 5.41) is 6.67. The molecule has 158 valence electrons.